The van der Waals surface area contributed by atoms with Crippen molar-refractivity contribution in [3.63, 3.8) is 0 Å². The fourth-order valence-electron chi connectivity index (χ4n) is 3.54. The molecule has 1 atom stereocenters. The molecule has 11 heteroatoms. The minimum atomic E-state index is -3.90. The van der Waals surface area contributed by atoms with Crippen molar-refractivity contribution >= 4 is 56.5 Å². The predicted molar refractivity (Wildman–Crippen MR) is 138 cm³/mol. The number of carbonyl (C=O) groups is 3. The van der Waals surface area contributed by atoms with Crippen LogP contribution in [0.2, 0.25) is 10.0 Å². The van der Waals surface area contributed by atoms with Gasteiger partial charge in [-0.1, -0.05) is 48.3 Å². The van der Waals surface area contributed by atoms with Gasteiger partial charge in [0.05, 0.1) is 22.0 Å². The molecule has 0 aliphatic carbocycles. The average Bonchev–Trinajstić information content (AvgIpc) is 2.79. The molecule has 0 aliphatic heterocycles. The van der Waals surface area contributed by atoms with E-state index < -0.39 is 28.5 Å². The summed E-state index contributed by atoms with van der Waals surface area (Å²) in [5.41, 5.74) is 1.11. The van der Waals surface area contributed by atoms with Gasteiger partial charge in [-0.25, -0.2) is 8.42 Å². The fraction of sp³-hybridized carbons (Fsp3) is 0.375. The minimum absolute atomic E-state index is 0.0104. The maximum absolute atomic E-state index is 13.6. The normalized spacial score (nSPS) is 12.1. The van der Waals surface area contributed by atoms with E-state index in [1.165, 1.54) is 24.0 Å². The standard InChI is InChI=1S/C24H29Cl2N3O5S/c1-5-22(24(32)27-6-2)28(14-17-10-11-20(25)21(26)12-17)23(31)15-29(35(4,33)34)19-9-7-8-18(13-19)16(3)30/h7-13,22H,5-6,14-15H2,1-4H3,(H,27,32). The smallest absolute Gasteiger partial charge is 0.244 e. The number of Topliss-reactive ketones (excluding diaryl/α,β-unsaturated/α-hetero) is 1. The van der Waals surface area contributed by atoms with Gasteiger partial charge < -0.3 is 10.2 Å². The number of nitrogens with one attached hydrogen (secondary N) is 1. The third-order valence-electron chi connectivity index (χ3n) is 5.29. The lowest BCUT2D eigenvalue weighted by Crippen LogP contribution is -2.52. The number of hydrogen-bond donors (Lipinski definition) is 1. The summed E-state index contributed by atoms with van der Waals surface area (Å²) >= 11 is 12.1. The number of benzene rings is 2. The number of carbonyl (C=O) groups excluding carboxylic acids is 3. The SMILES string of the molecule is CCNC(=O)C(CC)N(Cc1ccc(Cl)c(Cl)c1)C(=O)CN(c1cccc(C(C)=O)c1)S(C)(=O)=O. The Morgan fingerprint density at radius 1 is 1.03 bits per heavy atom. The first-order chi connectivity index (χ1) is 16.4. The summed E-state index contributed by atoms with van der Waals surface area (Å²) in [5.74, 6) is -1.18. The van der Waals surface area contributed by atoms with Crippen LogP contribution in [-0.2, 0) is 26.2 Å². The van der Waals surface area contributed by atoms with Gasteiger partial charge in [-0.05, 0) is 50.1 Å². The lowest BCUT2D eigenvalue weighted by atomic mass is 10.1. The van der Waals surface area contributed by atoms with Crippen LogP contribution in [0.1, 0.15) is 43.1 Å². The van der Waals surface area contributed by atoms with Crippen molar-refractivity contribution in [2.75, 3.05) is 23.7 Å². The number of hydrogen-bond acceptors (Lipinski definition) is 5. The van der Waals surface area contributed by atoms with Crippen molar-refractivity contribution in [2.24, 2.45) is 0 Å². The molecule has 1 unspecified atom stereocenters. The van der Waals surface area contributed by atoms with Crippen molar-refractivity contribution in [3.8, 4) is 0 Å². The molecule has 0 heterocycles. The number of amides is 2. The Bertz CT molecular complexity index is 1200. The molecule has 190 valence electrons. The number of rotatable bonds is 11. The highest BCUT2D eigenvalue weighted by molar-refractivity contribution is 7.92. The maximum atomic E-state index is 13.6. The Labute approximate surface area is 216 Å². The van der Waals surface area contributed by atoms with E-state index in [2.05, 4.69) is 5.32 Å². The van der Waals surface area contributed by atoms with Crippen molar-refractivity contribution in [1.29, 1.82) is 0 Å². The first-order valence-corrected chi connectivity index (χ1v) is 13.6. The summed E-state index contributed by atoms with van der Waals surface area (Å²) in [6.07, 6.45) is 1.28. The van der Waals surface area contributed by atoms with Gasteiger partial charge in [0.25, 0.3) is 0 Å². The minimum Gasteiger partial charge on any atom is -0.355 e. The molecule has 2 rings (SSSR count). The quantitative estimate of drug-likeness (QED) is 0.434. The number of sulfonamides is 1. The zero-order valence-electron chi connectivity index (χ0n) is 20.0. The van der Waals surface area contributed by atoms with E-state index in [1.807, 2.05) is 0 Å². The maximum Gasteiger partial charge on any atom is 0.244 e. The van der Waals surface area contributed by atoms with Crippen molar-refractivity contribution in [2.45, 2.75) is 39.8 Å². The van der Waals surface area contributed by atoms with E-state index in [0.29, 0.717) is 34.1 Å². The van der Waals surface area contributed by atoms with E-state index in [4.69, 9.17) is 23.2 Å². The van der Waals surface area contributed by atoms with Gasteiger partial charge in [0.2, 0.25) is 21.8 Å². The van der Waals surface area contributed by atoms with Gasteiger partial charge >= 0.3 is 0 Å². The van der Waals surface area contributed by atoms with E-state index >= 15 is 0 Å². The second-order valence-corrected chi connectivity index (χ2v) is 10.7. The molecule has 0 saturated heterocycles. The van der Waals surface area contributed by atoms with Crippen LogP contribution in [0.25, 0.3) is 0 Å². The molecule has 0 radical (unpaired) electrons. The number of ketones is 1. The first kappa shape index (κ1) is 28.6. The van der Waals surface area contributed by atoms with Crippen LogP contribution < -0.4 is 9.62 Å². The zero-order chi connectivity index (χ0) is 26.3. The number of nitrogens with zero attached hydrogens (tertiary/aromatic N) is 2. The Hall–Kier alpha value is -2.62. The summed E-state index contributed by atoms with van der Waals surface area (Å²) in [6.45, 7) is 4.72. The Balaban J connectivity index is 2.49. The van der Waals surface area contributed by atoms with Crippen molar-refractivity contribution in [1.82, 2.24) is 10.2 Å². The molecule has 35 heavy (non-hydrogen) atoms. The van der Waals surface area contributed by atoms with Crippen molar-refractivity contribution < 1.29 is 22.8 Å². The monoisotopic (exact) mass is 541 g/mol. The Kier molecular flexibility index (Phi) is 10.1. The summed E-state index contributed by atoms with van der Waals surface area (Å²) in [7, 11) is -3.90. The third kappa shape index (κ3) is 7.68. The molecular formula is C24H29Cl2N3O5S. The van der Waals surface area contributed by atoms with Gasteiger partial charge in [0.15, 0.2) is 5.78 Å². The predicted octanol–water partition coefficient (Wildman–Crippen LogP) is 3.91. The van der Waals surface area contributed by atoms with Crippen LogP contribution in [-0.4, -0.2) is 56.3 Å². The summed E-state index contributed by atoms with van der Waals surface area (Å²) in [4.78, 5) is 39.5. The fourth-order valence-corrected chi connectivity index (χ4v) is 4.70. The van der Waals surface area contributed by atoms with E-state index in [1.54, 1.807) is 44.2 Å². The molecule has 0 aromatic heterocycles. The molecule has 8 nitrogen and oxygen atoms in total. The van der Waals surface area contributed by atoms with Crippen LogP contribution in [0.5, 0.6) is 0 Å². The van der Waals surface area contributed by atoms with Gasteiger partial charge in [0.1, 0.15) is 12.6 Å². The Morgan fingerprint density at radius 2 is 1.71 bits per heavy atom. The zero-order valence-corrected chi connectivity index (χ0v) is 22.4. The van der Waals surface area contributed by atoms with Crippen LogP contribution in [0.15, 0.2) is 42.5 Å². The Morgan fingerprint density at radius 3 is 2.26 bits per heavy atom. The van der Waals surface area contributed by atoms with E-state index in [9.17, 15) is 22.8 Å². The van der Waals surface area contributed by atoms with Crippen molar-refractivity contribution in [3.05, 3.63) is 63.6 Å². The van der Waals surface area contributed by atoms with Gasteiger partial charge in [-0.3, -0.25) is 18.7 Å². The average molecular weight is 542 g/mol. The number of halogens is 2. The second-order valence-electron chi connectivity index (χ2n) is 7.96. The van der Waals surface area contributed by atoms with Gasteiger partial charge in [0, 0.05) is 18.7 Å². The number of anilines is 1. The number of likely N-dealkylation sites (N-methyl/N-ethyl adjacent to an activating group) is 1. The van der Waals surface area contributed by atoms with Gasteiger partial charge in [-0.2, -0.15) is 0 Å². The molecule has 1 N–H and O–H groups in total. The highest BCUT2D eigenvalue weighted by Crippen LogP contribution is 2.25. The molecule has 0 aliphatic rings. The topological polar surface area (TPSA) is 104 Å². The van der Waals surface area contributed by atoms with Crippen LogP contribution in [0.3, 0.4) is 0 Å². The molecule has 2 aromatic rings. The van der Waals surface area contributed by atoms with Gasteiger partial charge in [-0.15, -0.1) is 0 Å². The first-order valence-electron chi connectivity index (χ1n) is 11.0. The third-order valence-corrected chi connectivity index (χ3v) is 7.17. The molecule has 0 fully saturated rings. The molecule has 2 amide bonds. The molecule has 2 aromatic carbocycles. The molecular weight excluding hydrogens is 513 g/mol. The van der Waals surface area contributed by atoms with E-state index in [0.717, 1.165) is 10.6 Å². The van der Waals surface area contributed by atoms with Crippen LogP contribution in [0.4, 0.5) is 5.69 Å². The highest BCUT2D eigenvalue weighted by atomic mass is 35.5. The lowest BCUT2D eigenvalue weighted by Gasteiger charge is -2.33. The lowest BCUT2D eigenvalue weighted by molar-refractivity contribution is -0.140. The summed E-state index contributed by atoms with van der Waals surface area (Å²) in [5, 5.41) is 3.36. The van der Waals surface area contributed by atoms with Crippen LogP contribution in [0, 0.1) is 0 Å². The highest BCUT2D eigenvalue weighted by Gasteiger charge is 2.31. The molecule has 0 bridgehead atoms. The largest absolute Gasteiger partial charge is 0.355 e. The summed E-state index contributed by atoms with van der Waals surface area (Å²) < 4.78 is 26.2. The summed E-state index contributed by atoms with van der Waals surface area (Å²) in [6, 6.07) is 10.1. The molecule has 0 saturated carbocycles. The second kappa shape index (κ2) is 12.4. The molecule has 0 spiro atoms. The van der Waals surface area contributed by atoms with Crippen LogP contribution >= 0.6 is 23.2 Å². The van der Waals surface area contributed by atoms with E-state index in [-0.39, 0.29) is 23.9 Å².